The number of ether oxygens (including phenoxy) is 2. The molecule has 0 aliphatic carbocycles. The van der Waals surface area contributed by atoms with Crippen LogP contribution in [0.2, 0.25) is 0 Å². The van der Waals surface area contributed by atoms with E-state index in [9.17, 15) is 14.0 Å². The van der Waals surface area contributed by atoms with Gasteiger partial charge in [-0.3, -0.25) is 14.5 Å². The van der Waals surface area contributed by atoms with Gasteiger partial charge in [-0.15, -0.1) is 11.8 Å². The molecule has 0 saturated carbocycles. The zero-order chi connectivity index (χ0) is 28.8. The molecular weight excluding hydrogens is 543 g/mol. The Balaban J connectivity index is 1.70. The number of methoxy groups -OCH3 is 2. The summed E-state index contributed by atoms with van der Waals surface area (Å²) in [6, 6.07) is 23.4. The molecule has 1 N–H and O–H groups in total. The number of thioether (sulfide) groups is 1. The molecule has 1 aliphatic heterocycles. The Labute approximate surface area is 242 Å². The first-order valence-electron chi connectivity index (χ1n) is 13.3. The number of carbonyl (C=O) groups is 2. The highest BCUT2D eigenvalue weighted by atomic mass is 32.2. The van der Waals surface area contributed by atoms with Gasteiger partial charge in [-0.05, 0) is 48.4 Å². The normalized spacial score (nSPS) is 14.9. The molecule has 1 atom stereocenters. The number of anilines is 1. The first kappa shape index (κ1) is 28.4. The third kappa shape index (κ3) is 6.28. The monoisotopic (exact) mass is 574 g/mol. The summed E-state index contributed by atoms with van der Waals surface area (Å²) in [5, 5.41) is 7.60. The largest absolute Gasteiger partial charge is 0.497 e. The Kier molecular flexibility index (Phi) is 9.01. The van der Waals surface area contributed by atoms with Crippen LogP contribution in [-0.2, 0) is 14.3 Å². The van der Waals surface area contributed by atoms with Gasteiger partial charge in [0.05, 0.1) is 29.5 Å². The molecule has 0 spiro atoms. The van der Waals surface area contributed by atoms with E-state index in [2.05, 4.69) is 5.32 Å². The molecule has 10 heteroatoms. The molecule has 0 saturated heterocycles. The summed E-state index contributed by atoms with van der Waals surface area (Å²) in [5.74, 6) is 0.470. The fourth-order valence-corrected chi connectivity index (χ4v) is 5.97. The summed E-state index contributed by atoms with van der Waals surface area (Å²) < 4.78 is 26.1. The number of aromatic nitrogens is 2. The van der Waals surface area contributed by atoms with E-state index in [1.54, 1.807) is 31.0 Å². The van der Waals surface area contributed by atoms with Crippen LogP contribution in [0.5, 0.6) is 5.75 Å². The minimum absolute atomic E-state index is 0.129. The molecule has 1 aliphatic rings. The average Bonchev–Trinajstić information content (AvgIpc) is 3.33. The lowest BCUT2D eigenvalue weighted by Gasteiger charge is -2.23. The number of hydrogen-bond donors (Lipinski definition) is 1. The van der Waals surface area contributed by atoms with Gasteiger partial charge in [-0.1, -0.05) is 42.5 Å². The van der Waals surface area contributed by atoms with Crippen LogP contribution in [0.1, 0.15) is 22.8 Å². The maximum absolute atomic E-state index is 13.9. The lowest BCUT2D eigenvalue weighted by atomic mass is 9.99. The lowest BCUT2D eigenvalue weighted by Crippen LogP contribution is -2.42. The van der Waals surface area contributed by atoms with Gasteiger partial charge >= 0.3 is 0 Å². The molecular formula is C31H31FN4O4S. The Bertz CT molecular complexity index is 1490. The summed E-state index contributed by atoms with van der Waals surface area (Å²) in [5.41, 5.74) is 3.86. The van der Waals surface area contributed by atoms with Gasteiger partial charge in [0, 0.05) is 31.4 Å². The summed E-state index contributed by atoms with van der Waals surface area (Å²) in [7, 11) is 3.21. The number of carbonyl (C=O) groups excluding carboxylic acids is 2. The zero-order valence-corrected chi connectivity index (χ0v) is 23.7. The van der Waals surface area contributed by atoms with Crippen LogP contribution in [0.15, 0.2) is 78.9 Å². The molecule has 1 unspecified atom stereocenters. The highest BCUT2D eigenvalue weighted by Gasteiger charge is 2.37. The van der Waals surface area contributed by atoms with E-state index in [0.717, 1.165) is 16.7 Å². The van der Waals surface area contributed by atoms with E-state index in [0.29, 0.717) is 42.5 Å². The van der Waals surface area contributed by atoms with Crippen molar-refractivity contribution in [3.63, 3.8) is 0 Å². The van der Waals surface area contributed by atoms with E-state index < -0.39 is 0 Å². The van der Waals surface area contributed by atoms with Crippen LogP contribution < -0.4 is 15.0 Å². The second kappa shape index (κ2) is 13.0. The molecule has 8 nitrogen and oxygen atoms in total. The molecule has 5 rings (SSSR count). The molecule has 0 radical (unpaired) electrons. The van der Waals surface area contributed by atoms with E-state index in [1.807, 2.05) is 54.6 Å². The predicted molar refractivity (Wildman–Crippen MR) is 158 cm³/mol. The molecule has 2 amide bonds. The Morgan fingerprint density at radius 1 is 1.05 bits per heavy atom. The van der Waals surface area contributed by atoms with Crippen LogP contribution in [0, 0.1) is 5.82 Å². The minimum atomic E-state index is -0.341. The minimum Gasteiger partial charge on any atom is -0.497 e. The fourth-order valence-electron chi connectivity index (χ4n) is 4.78. The van der Waals surface area contributed by atoms with Gasteiger partial charge in [-0.25, -0.2) is 9.07 Å². The number of rotatable bonds is 10. The van der Waals surface area contributed by atoms with Crippen LogP contribution >= 0.6 is 11.8 Å². The zero-order valence-electron chi connectivity index (χ0n) is 22.9. The fraction of sp³-hybridized carbons (Fsp3) is 0.258. The number of benzene rings is 3. The highest BCUT2D eigenvalue weighted by Crippen LogP contribution is 2.48. The number of nitrogens with one attached hydrogen (secondary N) is 1. The third-order valence-electron chi connectivity index (χ3n) is 6.78. The molecule has 3 aromatic carbocycles. The third-order valence-corrected chi connectivity index (χ3v) is 8.03. The average molecular weight is 575 g/mol. The number of hydrogen-bond acceptors (Lipinski definition) is 6. The summed E-state index contributed by atoms with van der Waals surface area (Å²) in [6.07, 6.45) is 0.659. The number of halogens is 1. The Hall–Kier alpha value is -4.15. The molecule has 0 fully saturated rings. The van der Waals surface area contributed by atoms with Crippen molar-refractivity contribution in [2.75, 3.05) is 44.6 Å². The number of amides is 2. The standard InChI is InChI=1S/C31H31FN4O4S/c1-39-18-6-17-33-26(37)19-35-27(38)20-41-30(22-9-11-23(32)12-10-22)28-29(21-7-4-3-5-8-21)34-36(31(28)35)24-13-15-25(40-2)16-14-24/h3-5,7-16,30H,6,17-20H2,1-2H3,(H,33,37). The predicted octanol–water partition coefficient (Wildman–Crippen LogP) is 5.01. The van der Waals surface area contributed by atoms with Gasteiger partial charge in [0.2, 0.25) is 11.8 Å². The van der Waals surface area contributed by atoms with Crippen molar-refractivity contribution in [1.29, 1.82) is 0 Å². The number of fused-ring (bicyclic) bond motifs is 1. The SMILES string of the molecule is COCCCNC(=O)CN1C(=O)CSC(c2ccc(F)cc2)c2c(-c3ccccc3)nn(-c3ccc(OC)cc3)c21. The first-order valence-corrected chi connectivity index (χ1v) is 14.3. The summed E-state index contributed by atoms with van der Waals surface area (Å²) in [4.78, 5) is 28.3. The second-order valence-corrected chi connectivity index (χ2v) is 10.6. The second-order valence-electron chi connectivity index (χ2n) is 9.48. The maximum Gasteiger partial charge on any atom is 0.240 e. The molecule has 41 heavy (non-hydrogen) atoms. The van der Waals surface area contributed by atoms with Gasteiger partial charge in [-0.2, -0.15) is 5.10 Å². The van der Waals surface area contributed by atoms with Gasteiger partial charge < -0.3 is 14.8 Å². The van der Waals surface area contributed by atoms with Crippen LogP contribution in [0.3, 0.4) is 0 Å². The molecule has 1 aromatic heterocycles. The molecule has 212 valence electrons. The maximum atomic E-state index is 13.9. The molecule has 4 aromatic rings. The van der Waals surface area contributed by atoms with E-state index in [1.165, 1.54) is 28.8 Å². The molecule has 2 heterocycles. The first-order chi connectivity index (χ1) is 20.0. The smallest absolute Gasteiger partial charge is 0.240 e. The van der Waals surface area contributed by atoms with Crippen molar-refractivity contribution in [3.05, 3.63) is 95.8 Å². The van der Waals surface area contributed by atoms with Crippen molar-refractivity contribution in [1.82, 2.24) is 15.1 Å². The Morgan fingerprint density at radius 2 is 1.78 bits per heavy atom. The van der Waals surface area contributed by atoms with Crippen molar-refractivity contribution in [3.8, 4) is 22.7 Å². The highest BCUT2D eigenvalue weighted by molar-refractivity contribution is 8.00. The van der Waals surface area contributed by atoms with Crippen LogP contribution in [-0.4, -0.2) is 61.3 Å². The van der Waals surface area contributed by atoms with Crippen LogP contribution in [0.4, 0.5) is 10.2 Å². The molecule has 0 bridgehead atoms. The van der Waals surface area contributed by atoms with E-state index in [4.69, 9.17) is 14.6 Å². The summed E-state index contributed by atoms with van der Waals surface area (Å²) >= 11 is 1.44. The van der Waals surface area contributed by atoms with Crippen molar-refractivity contribution in [2.24, 2.45) is 0 Å². The van der Waals surface area contributed by atoms with Gasteiger partial charge in [0.25, 0.3) is 0 Å². The summed E-state index contributed by atoms with van der Waals surface area (Å²) in [6.45, 7) is 0.779. The number of nitrogens with zero attached hydrogens (tertiary/aromatic N) is 3. The lowest BCUT2D eigenvalue weighted by molar-refractivity contribution is -0.122. The van der Waals surface area contributed by atoms with Crippen molar-refractivity contribution < 1.29 is 23.5 Å². The van der Waals surface area contributed by atoms with Gasteiger partial charge in [0.1, 0.15) is 23.9 Å². The van der Waals surface area contributed by atoms with E-state index in [-0.39, 0.29) is 35.2 Å². The quantitative estimate of drug-likeness (QED) is 0.268. The Morgan fingerprint density at radius 3 is 2.46 bits per heavy atom. The van der Waals surface area contributed by atoms with Crippen LogP contribution in [0.25, 0.3) is 16.9 Å². The van der Waals surface area contributed by atoms with Crippen molar-refractivity contribution in [2.45, 2.75) is 11.7 Å². The van der Waals surface area contributed by atoms with E-state index >= 15 is 0 Å². The topological polar surface area (TPSA) is 85.7 Å². The van der Waals surface area contributed by atoms with Gasteiger partial charge in [0.15, 0.2) is 0 Å². The van der Waals surface area contributed by atoms with Crippen molar-refractivity contribution >= 4 is 29.4 Å².